The monoisotopic (exact) mass is 266 g/mol. The summed E-state index contributed by atoms with van der Waals surface area (Å²) in [5, 5.41) is 6.82. The highest BCUT2D eigenvalue weighted by Crippen LogP contribution is 2.36. The first-order valence-corrected chi connectivity index (χ1v) is 6.71. The summed E-state index contributed by atoms with van der Waals surface area (Å²) in [6, 6.07) is 7.34. The first-order valence-electron chi connectivity index (χ1n) is 6.33. The van der Waals surface area contributed by atoms with Crippen molar-refractivity contribution in [1.82, 2.24) is 5.32 Å². The predicted molar refractivity (Wildman–Crippen MR) is 74.8 cm³/mol. The van der Waals surface area contributed by atoms with Crippen LogP contribution < -0.4 is 10.6 Å². The van der Waals surface area contributed by atoms with Crippen LogP contribution in [0.15, 0.2) is 24.3 Å². The van der Waals surface area contributed by atoms with Crippen molar-refractivity contribution in [2.24, 2.45) is 11.3 Å². The molecule has 1 heterocycles. The minimum absolute atomic E-state index is 0.0654. The van der Waals surface area contributed by atoms with E-state index in [1.54, 1.807) is 6.07 Å². The lowest BCUT2D eigenvalue weighted by atomic mass is 9.75. The van der Waals surface area contributed by atoms with Crippen molar-refractivity contribution >= 4 is 23.2 Å². The van der Waals surface area contributed by atoms with Crippen molar-refractivity contribution in [2.75, 3.05) is 18.4 Å². The van der Waals surface area contributed by atoms with E-state index in [0.29, 0.717) is 16.6 Å². The van der Waals surface area contributed by atoms with Crippen LogP contribution in [-0.2, 0) is 4.79 Å². The minimum Gasteiger partial charge on any atom is -0.324 e. The Labute approximate surface area is 113 Å². The van der Waals surface area contributed by atoms with Crippen LogP contribution in [0.25, 0.3) is 0 Å². The topological polar surface area (TPSA) is 41.1 Å². The van der Waals surface area contributed by atoms with Crippen LogP contribution in [0.1, 0.15) is 20.3 Å². The van der Waals surface area contributed by atoms with E-state index in [0.717, 1.165) is 19.5 Å². The van der Waals surface area contributed by atoms with Gasteiger partial charge in [-0.1, -0.05) is 37.6 Å². The number of halogens is 1. The Kier molecular flexibility index (Phi) is 3.93. The van der Waals surface area contributed by atoms with Gasteiger partial charge in [0.05, 0.1) is 16.1 Å². The molecule has 1 unspecified atom stereocenters. The lowest BCUT2D eigenvalue weighted by molar-refractivity contribution is -0.126. The predicted octanol–water partition coefficient (Wildman–Crippen LogP) is 2.91. The molecular weight excluding hydrogens is 248 g/mol. The van der Waals surface area contributed by atoms with Crippen LogP contribution in [0.3, 0.4) is 0 Å². The molecule has 1 saturated heterocycles. The van der Waals surface area contributed by atoms with Crippen molar-refractivity contribution in [3.8, 4) is 0 Å². The lowest BCUT2D eigenvalue weighted by Crippen LogP contribution is -2.42. The zero-order chi connectivity index (χ0) is 13.2. The molecular formula is C14H19ClN2O. The summed E-state index contributed by atoms with van der Waals surface area (Å²) in [5.41, 5.74) is 0.371. The number of carbonyl (C=O) groups excluding carboxylic acids is 1. The summed E-state index contributed by atoms with van der Waals surface area (Å²) in [4.78, 5) is 12.5. The summed E-state index contributed by atoms with van der Waals surface area (Å²) >= 11 is 6.07. The fourth-order valence-corrected chi connectivity index (χ4v) is 2.65. The van der Waals surface area contributed by atoms with Crippen molar-refractivity contribution in [2.45, 2.75) is 20.3 Å². The number of hydrogen-bond acceptors (Lipinski definition) is 2. The highest BCUT2D eigenvalue weighted by molar-refractivity contribution is 6.33. The normalized spacial score (nSPS) is 23.3. The first kappa shape index (κ1) is 13.4. The maximum Gasteiger partial charge on any atom is 0.232 e. The molecule has 1 aliphatic heterocycles. The highest BCUT2D eigenvalue weighted by Gasteiger charge is 2.43. The van der Waals surface area contributed by atoms with Gasteiger partial charge in [0.25, 0.3) is 0 Å². The van der Waals surface area contributed by atoms with Gasteiger partial charge in [0.2, 0.25) is 5.91 Å². The van der Waals surface area contributed by atoms with Gasteiger partial charge in [-0.3, -0.25) is 4.79 Å². The first-order chi connectivity index (χ1) is 8.56. The highest BCUT2D eigenvalue weighted by atomic mass is 35.5. The van der Waals surface area contributed by atoms with Gasteiger partial charge in [0, 0.05) is 6.54 Å². The van der Waals surface area contributed by atoms with Crippen molar-refractivity contribution in [3.63, 3.8) is 0 Å². The van der Waals surface area contributed by atoms with E-state index in [-0.39, 0.29) is 11.3 Å². The van der Waals surface area contributed by atoms with Crippen molar-refractivity contribution in [1.29, 1.82) is 0 Å². The van der Waals surface area contributed by atoms with E-state index in [1.165, 1.54) is 0 Å². The van der Waals surface area contributed by atoms with Gasteiger partial charge in [-0.2, -0.15) is 0 Å². The molecule has 2 N–H and O–H groups in total. The van der Waals surface area contributed by atoms with E-state index >= 15 is 0 Å². The van der Waals surface area contributed by atoms with Gasteiger partial charge in [0.15, 0.2) is 0 Å². The van der Waals surface area contributed by atoms with Gasteiger partial charge in [-0.05, 0) is 31.0 Å². The summed E-state index contributed by atoms with van der Waals surface area (Å²) in [6.45, 7) is 5.83. The van der Waals surface area contributed by atoms with Gasteiger partial charge >= 0.3 is 0 Å². The average Bonchev–Trinajstić information content (AvgIpc) is 2.82. The van der Waals surface area contributed by atoms with Crippen LogP contribution in [-0.4, -0.2) is 19.0 Å². The van der Waals surface area contributed by atoms with E-state index < -0.39 is 0 Å². The maximum atomic E-state index is 12.5. The average molecular weight is 267 g/mol. The summed E-state index contributed by atoms with van der Waals surface area (Å²) in [6.07, 6.45) is 0.876. The summed E-state index contributed by atoms with van der Waals surface area (Å²) in [5.74, 6) is 0.366. The molecule has 18 heavy (non-hydrogen) atoms. The van der Waals surface area contributed by atoms with Crippen LogP contribution in [0, 0.1) is 11.3 Å². The summed E-state index contributed by atoms with van der Waals surface area (Å²) in [7, 11) is 0. The molecule has 0 spiro atoms. The Balaban J connectivity index is 2.19. The Morgan fingerprint density at radius 1 is 1.44 bits per heavy atom. The van der Waals surface area contributed by atoms with Crippen molar-refractivity contribution < 1.29 is 4.79 Å². The number of amides is 1. The molecule has 98 valence electrons. The molecule has 1 aromatic carbocycles. The molecule has 1 fully saturated rings. The largest absolute Gasteiger partial charge is 0.324 e. The minimum atomic E-state index is -0.320. The molecule has 2 rings (SSSR count). The zero-order valence-electron chi connectivity index (χ0n) is 10.8. The van der Waals surface area contributed by atoms with Gasteiger partial charge in [-0.15, -0.1) is 0 Å². The Bertz CT molecular complexity index is 439. The third-order valence-corrected chi connectivity index (χ3v) is 4.20. The number of benzene rings is 1. The Morgan fingerprint density at radius 2 is 2.17 bits per heavy atom. The number of para-hydroxylation sites is 1. The fraction of sp³-hybridized carbons (Fsp3) is 0.500. The molecule has 1 amide bonds. The van der Waals surface area contributed by atoms with Crippen LogP contribution >= 0.6 is 11.6 Å². The van der Waals surface area contributed by atoms with Gasteiger partial charge in [0.1, 0.15) is 0 Å². The van der Waals surface area contributed by atoms with E-state index in [4.69, 9.17) is 11.6 Å². The fourth-order valence-electron chi connectivity index (χ4n) is 2.47. The SMILES string of the molecule is CC(C)C1(C(=O)Nc2ccccc2Cl)CCNC1. The molecule has 1 aromatic rings. The molecule has 0 bridgehead atoms. The van der Waals surface area contributed by atoms with Crippen molar-refractivity contribution in [3.05, 3.63) is 29.3 Å². The number of anilines is 1. The van der Waals surface area contributed by atoms with Crippen LogP contribution in [0.2, 0.25) is 5.02 Å². The number of nitrogens with one attached hydrogen (secondary N) is 2. The molecule has 3 nitrogen and oxygen atoms in total. The smallest absolute Gasteiger partial charge is 0.232 e. The second kappa shape index (κ2) is 5.29. The molecule has 0 radical (unpaired) electrons. The maximum absolute atomic E-state index is 12.5. The Hall–Kier alpha value is -1.06. The van der Waals surface area contributed by atoms with E-state index in [9.17, 15) is 4.79 Å². The third kappa shape index (κ3) is 2.38. The molecule has 0 aromatic heterocycles. The molecule has 0 saturated carbocycles. The standard InChI is InChI=1S/C14H19ClN2O/c1-10(2)14(7-8-16-9-14)13(18)17-12-6-4-3-5-11(12)15/h3-6,10,16H,7-9H2,1-2H3,(H,17,18). The van der Waals surface area contributed by atoms with E-state index in [2.05, 4.69) is 24.5 Å². The molecule has 1 atom stereocenters. The van der Waals surface area contributed by atoms with Gasteiger partial charge < -0.3 is 10.6 Å². The van der Waals surface area contributed by atoms with Crippen LogP contribution in [0.5, 0.6) is 0 Å². The number of hydrogen-bond donors (Lipinski definition) is 2. The number of carbonyl (C=O) groups is 1. The number of rotatable bonds is 3. The second-order valence-corrected chi connectivity index (χ2v) is 5.58. The quantitative estimate of drug-likeness (QED) is 0.883. The summed E-state index contributed by atoms with van der Waals surface area (Å²) < 4.78 is 0. The second-order valence-electron chi connectivity index (χ2n) is 5.17. The Morgan fingerprint density at radius 3 is 2.72 bits per heavy atom. The molecule has 1 aliphatic rings. The lowest BCUT2D eigenvalue weighted by Gasteiger charge is -2.31. The third-order valence-electron chi connectivity index (χ3n) is 3.87. The zero-order valence-corrected chi connectivity index (χ0v) is 11.6. The van der Waals surface area contributed by atoms with E-state index in [1.807, 2.05) is 18.2 Å². The molecule has 4 heteroatoms. The van der Waals surface area contributed by atoms with Gasteiger partial charge in [-0.25, -0.2) is 0 Å². The molecule has 0 aliphatic carbocycles. The van der Waals surface area contributed by atoms with Crippen LogP contribution in [0.4, 0.5) is 5.69 Å².